The van der Waals surface area contributed by atoms with Crippen molar-refractivity contribution in [2.24, 2.45) is 5.92 Å². The fraction of sp³-hybridized carbons (Fsp3) is 0.909. The second-order valence-electron chi connectivity index (χ2n) is 5.19. The van der Waals surface area contributed by atoms with E-state index in [4.69, 9.17) is 4.74 Å². The third-order valence-electron chi connectivity index (χ3n) is 2.54. The van der Waals surface area contributed by atoms with E-state index in [0.717, 1.165) is 0 Å². The van der Waals surface area contributed by atoms with Crippen LogP contribution in [0.15, 0.2) is 0 Å². The molecule has 0 spiro atoms. The van der Waals surface area contributed by atoms with Gasteiger partial charge >= 0.3 is 6.09 Å². The van der Waals surface area contributed by atoms with Crippen LogP contribution in [0.1, 0.15) is 27.2 Å². The highest BCUT2D eigenvalue weighted by Gasteiger charge is 2.35. The third-order valence-corrected chi connectivity index (χ3v) is 2.54. The number of β-amino-alcohol motifs (C(OH)–C–C–N with tert-alkyl or cyclic N) is 1. The fourth-order valence-corrected chi connectivity index (χ4v) is 1.75. The van der Waals surface area contributed by atoms with E-state index in [2.05, 4.69) is 0 Å². The second-order valence-corrected chi connectivity index (χ2v) is 5.19. The van der Waals surface area contributed by atoms with Gasteiger partial charge in [-0.05, 0) is 27.2 Å². The number of amides is 1. The normalized spacial score (nSPS) is 25.9. The summed E-state index contributed by atoms with van der Waals surface area (Å²) in [5.41, 5.74) is -0.541. The summed E-state index contributed by atoms with van der Waals surface area (Å²) >= 11 is 0. The number of halogens is 1. The Balaban J connectivity index is 2.48. The first kappa shape index (κ1) is 13.2. The molecule has 1 rings (SSSR count). The molecule has 1 fully saturated rings. The van der Waals surface area contributed by atoms with Crippen molar-refractivity contribution < 1.29 is 19.0 Å². The Morgan fingerprint density at radius 3 is 2.62 bits per heavy atom. The molecule has 1 heterocycles. The van der Waals surface area contributed by atoms with E-state index in [9.17, 15) is 14.3 Å². The molecule has 5 heteroatoms. The maximum atomic E-state index is 12.2. The van der Waals surface area contributed by atoms with E-state index < -0.39 is 24.5 Å². The lowest BCUT2D eigenvalue weighted by molar-refractivity contribution is 0.0269. The predicted molar refractivity (Wildman–Crippen MR) is 57.9 cm³/mol. The number of aliphatic hydroxyl groups excluding tert-OH is 1. The molecular weight excluding hydrogens is 213 g/mol. The van der Waals surface area contributed by atoms with Crippen molar-refractivity contribution >= 4 is 6.09 Å². The topological polar surface area (TPSA) is 49.8 Å². The van der Waals surface area contributed by atoms with Gasteiger partial charge in [0, 0.05) is 12.5 Å². The number of nitrogens with zero attached hydrogens (tertiary/aromatic N) is 1. The minimum Gasteiger partial charge on any atom is -0.444 e. The Kier molecular flexibility index (Phi) is 4.13. The van der Waals surface area contributed by atoms with Gasteiger partial charge < -0.3 is 14.7 Å². The number of hydrogen-bond donors (Lipinski definition) is 1. The van der Waals surface area contributed by atoms with Crippen LogP contribution in [0, 0.1) is 5.92 Å². The zero-order valence-electron chi connectivity index (χ0n) is 10.1. The fourth-order valence-electron chi connectivity index (χ4n) is 1.75. The van der Waals surface area contributed by atoms with Crippen LogP contribution in [0.25, 0.3) is 0 Å². The van der Waals surface area contributed by atoms with Crippen molar-refractivity contribution in [3.63, 3.8) is 0 Å². The number of alkyl halides is 1. The summed E-state index contributed by atoms with van der Waals surface area (Å²) in [6.45, 7) is 5.51. The molecule has 16 heavy (non-hydrogen) atoms. The first-order chi connectivity index (χ1) is 7.33. The lowest BCUT2D eigenvalue weighted by Crippen LogP contribution is -2.35. The first-order valence-electron chi connectivity index (χ1n) is 5.55. The quantitative estimate of drug-likeness (QED) is 0.787. The summed E-state index contributed by atoms with van der Waals surface area (Å²) < 4.78 is 17.4. The van der Waals surface area contributed by atoms with Crippen LogP contribution in [0.4, 0.5) is 9.18 Å². The maximum Gasteiger partial charge on any atom is 0.410 e. The Bertz CT molecular complexity index is 252. The number of carbonyl (C=O) groups excluding carboxylic acids is 1. The van der Waals surface area contributed by atoms with E-state index in [1.807, 2.05) is 0 Å². The Labute approximate surface area is 95.4 Å². The maximum absolute atomic E-state index is 12.2. The molecule has 1 aliphatic rings. The smallest absolute Gasteiger partial charge is 0.410 e. The van der Waals surface area contributed by atoms with Gasteiger partial charge in [0.2, 0.25) is 0 Å². The zero-order chi connectivity index (χ0) is 12.3. The molecule has 0 unspecified atom stereocenters. The molecule has 1 amide bonds. The highest BCUT2D eigenvalue weighted by atomic mass is 19.1. The molecule has 0 aromatic carbocycles. The van der Waals surface area contributed by atoms with Gasteiger partial charge in [-0.2, -0.15) is 0 Å². The van der Waals surface area contributed by atoms with Crippen molar-refractivity contribution in [2.75, 3.05) is 19.8 Å². The molecule has 1 saturated heterocycles. The van der Waals surface area contributed by atoms with Crippen LogP contribution in [0.5, 0.6) is 0 Å². The number of rotatable bonds is 2. The van der Waals surface area contributed by atoms with Crippen molar-refractivity contribution in [1.82, 2.24) is 4.90 Å². The zero-order valence-corrected chi connectivity index (χ0v) is 10.1. The van der Waals surface area contributed by atoms with Gasteiger partial charge in [-0.3, -0.25) is 4.39 Å². The minimum absolute atomic E-state index is 0.169. The molecule has 0 radical (unpaired) electrons. The monoisotopic (exact) mass is 233 g/mol. The molecular formula is C11H20FNO3. The van der Waals surface area contributed by atoms with E-state index in [1.165, 1.54) is 4.90 Å². The lowest BCUT2D eigenvalue weighted by atomic mass is 10.0. The van der Waals surface area contributed by atoms with Gasteiger partial charge in [-0.15, -0.1) is 0 Å². The number of carbonyl (C=O) groups is 1. The van der Waals surface area contributed by atoms with Crippen molar-refractivity contribution in [2.45, 2.75) is 38.9 Å². The predicted octanol–water partition coefficient (Wildman–Crippen LogP) is 1.57. The second kappa shape index (κ2) is 4.99. The van der Waals surface area contributed by atoms with E-state index in [1.54, 1.807) is 20.8 Å². The van der Waals surface area contributed by atoms with Gasteiger partial charge in [-0.1, -0.05) is 0 Å². The van der Waals surface area contributed by atoms with E-state index >= 15 is 0 Å². The summed E-state index contributed by atoms with van der Waals surface area (Å²) in [5, 5.41) is 9.62. The molecule has 2 atom stereocenters. The van der Waals surface area contributed by atoms with Gasteiger partial charge in [0.1, 0.15) is 5.60 Å². The number of hydrogen-bond acceptors (Lipinski definition) is 3. The highest BCUT2D eigenvalue weighted by molar-refractivity contribution is 5.68. The average Bonchev–Trinajstić information content (AvgIpc) is 2.46. The summed E-state index contributed by atoms with van der Waals surface area (Å²) in [7, 11) is 0. The van der Waals surface area contributed by atoms with E-state index in [-0.39, 0.29) is 12.5 Å². The van der Waals surface area contributed by atoms with Crippen LogP contribution in [-0.2, 0) is 4.74 Å². The van der Waals surface area contributed by atoms with Crippen LogP contribution >= 0.6 is 0 Å². The lowest BCUT2D eigenvalue weighted by Gasteiger charge is -2.24. The SMILES string of the molecule is CC(C)(C)OC(=O)N1C[C@@H](CCF)[C@H](O)C1. The Hall–Kier alpha value is -0.840. The summed E-state index contributed by atoms with van der Waals surface area (Å²) in [4.78, 5) is 13.1. The van der Waals surface area contributed by atoms with Crippen LogP contribution in [0.3, 0.4) is 0 Å². The molecule has 0 aromatic rings. The molecule has 0 aliphatic carbocycles. The summed E-state index contributed by atoms with van der Waals surface area (Å²) in [5.74, 6) is -0.169. The van der Waals surface area contributed by atoms with Crippen LogP contribution in [-0.4, -0.2) is 47.6 Å². The van der Waals surface area contributed by atoms with Gasteiger partial charge in [0.05, 0.1) is 19.3 Å². The van der Waals surface area contributed by atoms with Crippen molar-refractivity contribution in [1.29, 1.82) is 0 Å². The average molecular weight is 233 g/mol. The number of aliphatic hydroxyl groups is 1. The van der Waals surface area contributed by atoms with Gasteiger partial charge in [-0.25, -0.2) is 4.79 Å². The molecule has 94 valence electrons. The molecule has 0 saturated carbocycles. The van der Waals surface area contributed by atoms with Crippen molar-refractivity contribution in [3.05, 3.63) is 0 Å². The Morgan fingerprint density at radius 2 is 2.12 bits per heavy atom. The Morgan fingerprint density at radius 1 is 1.50 bits per heavy atom. The molecule has 1 aliphatic heterocycles. The first-order valence-corrected chi connectivity index (χ1v) is 5.55. The number of ether oxygens (including phenoxy) is 1. The van der Waals surface area contributed by atoms with E-state index in [0.29, 0.717) is 13.0 Å². The van der Waals surface area contributed by atoms with Crippen molar-refractivity contribution in [3.8, 4) is 0 Å². The van der Waals surface area contributed by atoms with Gasteiger partial charge in [0.15, 0.2) is 0 Å². The molecule has 0 bridgehead atoms. The van der Waals surface area contributed by atoms with Crippen LogP contribution < -0.4 is 0 Å². The van der Waals surface area contributed by atoms with Crippen LogP contribution in [0.2, 0.25) is 0 Å². The minimum atomic E-state index is -0.636. The molecule has 1 N–H and O–H groups in total. The standard InChI is InChI=1S/C11H20FNO3/c1-11(2,3)16-10(15)13-6-8(4-5-12)9(14)7-13/h8-9,14H,4-7H2,1-3H3/t8-,9-/m1/s1. The molecule has 0 aromatic heterocycles. The third kappa shape index (κ3) is 3.63. The van der Waals surface area contributed by atoms with Gasteiger partial charge in [0.25, 0.3) is 0 Å². The number of likely N-dealkylation sites (tertiary alicyclic amines) is 1. The summed E-state index contributed by atoms with van der Waals surface area (Å²) in [6.07, 6.45) is -0.781. The highest BCUT2D eigenvalue weighted by Crippen LogP contribution is 2.22. The summed E-state index contributed by atoms with van der Waals surface area (Å²) in [6, 6.07) is 0. The molecule has 4 nitrogen and oxygen atoms in total. The largest absolute Gasteiger partial charge is 0.444 e.